The molecule has 0 bridgehead atoms. The lowest BCUT2D eigenvalue weighted by atomic mass is 9.77. The van der Waals surface area contributed by atoms with Crippen LogP contribution in [0.25, 0.3) is 0 Å². The van der Waals surface area contributed by atoms with Crippen molar-refractivity contribution < 1.29 is 19.2 Å². The van der Waals surface area contributed by atoms with Gasteiger partial charge in [-0.15, -0.1) is 0 Å². The molecule has 0 aromatic heterocycles. The van der Waals surface area contributed by atoms with Gasteiger partial charge in [0.15, 0.2) is 0 Å². The monoisotopic (exact) mass is 225 g/mol. The lowest BCUT2D eigenvalue weighted by molar-refractivity contribution is 0.249. The molecule has 0 unspecified atom stereocenters. The fraction of sp³-hybridized carbons (Fsp3) is 0. The molecule has 0 saturated carbocycles. The van der Waals surface area contributed by atoms with Crippen molar-refractivity contribution in [3.63, 3.8) is 0 Å². The van der Waals surface area contributed by atoms with E-state index in [4.69, 9.17) is 15.8 Å². The third-order valence-electron chi connectivity index (χ3n) is 1.73. The van der Waals surface area contributed by atoms with Crippen molar-refractivity contribution in [1.82, 2.24) is 5.43 Å². The number of halogens is 1. The molecule has 0 aliphatic heterocycles. The fourth-order valence-electron chi connectivity index (χ4n) is 1.08. The number of nitrogens with two attached hydrogens (primary N) is 1. The van der Waals surface area contributed by atoms with Crippen molar-refractivity contribution in [3.05, 3.63) is 29.6 Å². The number of hydrogen-bond donors (Lipinski definition) is 4. The SMILES string of the molecule is NC(=O)NN=Cc1c(F)cccc1B(O)O. The van der Waals surface area contributed by atoms with Crippen LogP contribution >= 0.6 is 0 Å². The summed E-state index contributed by atoms with van der Waals surface area (Å²) >= 11 is 0. The van der Waals surface area contributed by atoms with Crippen LogP contribution in [0.15, 0.2) is 23.3 Å². The molecular weight excluding hydrogens is 216 g/mol. The minimum atomic E-state index is -1.83. The van der Waals surface area contributed by atoms with Crippen LogP contribution in [0.4, 0.5) is 9.18 Å². The van der Waals surface area contributed by atoms with Crippen LogP contribution in [0.5, 0.6) is 0 Å². The first-order valence-corrected chi connectivity index (χ1v) is 4.25. The minimum absolute atomic E-state index is 0.0602. The number of rotatable bonds is 3. The van der Waals surface area contributed by atoms with Gasteiger partial charge in [-0.05, 0) is 11.5 Å². The summed E-state index contributed by atoms with van der Waals surface area (Å²) in [6, 6.07) is 2.86. The molecule has 0 aliphatic rings. The maximum absolute atomic E-state index is 13.3. The first kappa shape index (κ1) is 12.1. The van der Waals surface area contributed by atoms with Gasteiger partial charge in [-0.1, -0.05) is 12.1 Å². The summed E-state index contributed by atoms with van der Waals surface area (Å²) in [5, 5.41) is 21.2. The molecule has 0 fully saturated rings. The molecule has 1 aromatic carbocycles. The molecule has 1 rings (SSSR count). The van der Waals surface area contributed by atoms with Crippen LogP contribution in [0.3, 0.4) is 0 Å². The lowest BCUT2D eigenvalue weighted by Gasteiger charge is -2.04. The highest BCUT2D eigenvalue weighted by Gasteiger charge is 2.17. The molecule has 84 valence electrons. The van der Waals surface area contributed by atoms with Crippen LogP contribution in [0.1, 0.15) is 5.56 Å². The fourth-order valence-corrected chi connectivity index (χ4v) is 1.08. The molecular formula is C8H9BFN3O3. The molecule has 0 heterocycles. The van der Waals surface area contributed by atoms with E-state index >= 15 is 0 Å². The smallest absolute Gasteiger partial charge is 0.423 e. The highest BCUT2D eigenvalue weighted by Crippen LogP contribution is 2.01. The molecule has 0 spiro atoms. The zero-order valence-electron chi connectivity index (χ0n) is 8.09. The Morgan fingerprint density at radius 1 is 1.56 bits per heavy atom. The number of primary amides is 1. The third kappa shape index (κ3) is 3.04. The summed E-state index contributed by atoms with van der Waals surface area (Å²) < 4.78 is 13.3. The van der Waals surface area contributed by atoms with Crippen LogP contribution in [-0.4, -0.2) is 29.4 Å². The summed E-state index contributed by atoms with van der Waals surface area (Å²) in [6.07, 6.45) is 0.939. The summed E-state index contributed by atoms with van der Waals surface area (Å²) in [5.41, 5.74) is 6.41. The Morgan fingerprint density at radius 3 is 2.81 bits per heavy atom. The van der Waals surface area contributed by atoms with E-state index in [2.05, 4.69) is 5.10 Å². The lowest BCUT2D eigenvalue weighted by Crippen LogP contribution is -2.34. The van der Waals surface area contributed by atoms with Crippen molar-refractivity contribution in [2.75, 3.05) is 0 Å². The van der Waals surface area contributed by atoms with Crippen LogP contribution in [0, 0.1) is 5.82 Å². The molecule has 5 N–H and O–H groups in total. The van der Waals surface area contributed by atoms with E-state index in [0.717, 1.165) is 12.3 Å². The zero-order chi connectivity index (χ0) is 12.1. The highest BCUT2D eigenvalue weighted by molar-refractivity contribution is 6.60. The summed E-state index contributed by atoms with van der Waals surface area (Å²) in [7, 11) is -1.83. The summed E-state index contributed by atoms with van der Waals surface area (Å²) in [6.45, 7) is 0. The van der Waals surface area contributed by atoms with Gasteiger partial charge in [-0.3, -0.25) is 0 Å². The Morgan fingerprint density at radius 2 is 2.25 bits per heavy atom. The molecule has 0 aliphatic carbocycles. The second kappa shape index (κ2) is 5.24. The number of carbonyl (C=O) groups is 1. The Bertz CT molecular complexity index is 425. The topological polar surface area (TPSA) is 108 Å². The third-order valence-corrected chi connectivity index (χ3v) is 1.73. The van der Waals surface area contributed by atoms with E-state index in [9.17, 15) is 9.18 Å². The molecule has 1 aromatic rings. The second-order valence-electron chi connectivity index (χ2n) is 2.85. The first-order chi connectivity index (χ1) is 7.52. The maximum atomic E-state index is 13.3. The molecule has 16 heavy (non-hydrogen) atoms. The Hall–Kier alpha value is -1.93. The van der Waals surface area contributed by atoms with Gasteiger partial charge in [-0.25, -0.2) is 14.6 Å². The number of urea groups is 1. The van der Waals surface area contributed by atoms with Gasteiger partial charge in [0.2, 0.25) is 0 Å². The molecule has 0 atom stereocenters. The maximum Gasteiger partial charge on any atom is 0.489 e. The van der Waals surface area contributed by atoms with Gasteiger partial charge in [-0.2, -0.15) is 5.10 Å². The largest absolute Gasteiger partial charge is 0.489 e. The van der Waals surface area contributed by atoms with E-state index < -0.39 is 19.0 Å². The number of benzene rings is 1. The number of hydrogen-bond acceptors (Lipinski definition) is 4. The van der Waals surface area contributed by atoms with Gasteiger partial charge < -0.3 is 15.8 Å². The van der Waals surface area contributed by atoms with Crippen molar-refractivity contribution >= 4 is 24.8 Å². The number of nitrogens with zero attached hydrogens (tertiary/aromatic N) is 1. The Balaban J connectivity index is 3.01. The van der Waals surface area contributed by atoms with E-state index in [-0.39, 0.29) is 11.0 Å². The van der Waals surface area contributed by atoms with Crippen molar-refractivity contribution in [2.24, 2.45) is 10.8 Å². The van der Waals surface area contributed by atoms with Crippen LogP contribution < -0.4 is 16.6 Å². The normalized spacial score (nSPS) is 10.4. The highest BCUT2D eigenvalue weighted by atomic mass is 19.1. The second-order valence-corrected chi connectivity index (χ2v) is 2.85. The average Bonchev–Trinajstić information content (AvgIpc) is 2.19. The summed E-state index contributed by atoms with van der Waals surface area (Å²) in [5.74, 6) is -0.694. The van der Waals surface area contributed by atoms with Gasteiger partial charge in [0.1, 0.15) is 5.82 Å². The van der Waals surface area contributed by atoms with Crippen molar-refractivity contribution in [2.45, 2.75) is 0 Å². The van der Waals surface area contributed by atoms with E-state index in [1.54, 1.807) is 0 Å². The van der Waals surface area contributed by atoms with Gasteiger partial charge >= 0.3 is 13.1 Å². The predicted octanol–water partition coefficient (Wildman–Crippen LogP) is -1.49. The molecule has 0 saturated heterocycles. The van der Waals surface area contributed by atoms with Crippen molar-refractivity contribution in [3.8, 4) is 0 Å². The first-order valence-electron chi connectivity index (χ1n) is 4.25. The van der Waals surface area contributed by atoms with Crippen molar-refractivity contribution in [1.29, 1.82) is 0 Å². The van der Waals surface area contributed by atoms with E-state index in [1.807, 2.05) is 5.43 Å². The molecule has 2 amide bonds. The van der Waals surface area contributed by atoms with Crippen LogP contribution in [-0.2, 0) is 0 Å². The number of hydrazone groups is 1. The number of nitrogens with one attached hydrogen (secondary N) is 1. The van der Waals surface area contributed by atoms with Gasteiger partial charge in [0.25, 0.3) is 0 Å². The molecule has 6 nitrogen and oxygen atoms in total. The van der Waals surface area contributed by atoms with Gasteiger partial charge in [0.05, 0.1) is 6.21 Å². The predicted molar refractivity (Wildman–Crippen MR) is 56.5 cm³/mol. The standard InChI is InChI=1S/C8H9BFN3O3/c10-7-3-1-2-6(9(15)16)5(7)4-12-13-8(11)14/h1-4,15-16H,(H3,11,13,14). The van der Waals surface area contributed by atoms with E-state index in [0.29, 0.717) is 0 Å². The summed E-state index contributed by atoms with van der Waals surface area (Å²) in [4.78, 5) is 10.3. The van der Waals surface area contributed by atoms with Gasteiger partial charge in [0, 0.05) is 5.56 Å². The molecule has 8 heteroatoms. The zero-order valence-corrected chi connectivity index (χ0v) is 8.09. The minimum Gasteiger partial charge on any atom is -0.423 e. The molecule has 0 radical (unpaired) electrons. The quantitative estimate of drug-likeness (QED) is 0.286. The number of carbonyl (C=O) groups excluding carboxylic acids is 1. The van der Waals surface area contributed by atoms with Crippen LogP contribution in [0.2, 0.25) is 0 Å². The Kier molecular flexibility index (Phi) is 3.98. The number of amides is 2. The van der Waals surface area contributed by atoms with E-state index in [1.165, 1.54) is 12.1 Å². The average molecular weight is 225 g/mol. The Labute approximate surface area is 90.7 Å².